The van der Waals surface area contributed by atoms with Gasteiger partial charge in [0.2, 0.25) is 0 Å². The first-order valence-electron chi connectivity index (χ1n) is 7.12. The Morgan fingerprint density at radius 3 is 2.86 bits per heavy atom. The molecule has 0 radical (unpaired) electrons. The molecular formula is C16H15N5S. The fourth-order valence-electron chi connectivity index (χ4n) is 2.58. The molecule has 1 N–H and O–H groups in total. The van der Waals surface area contributed by atoms with Crippen molar-refractivity contribution in [3.05, 3.63) is 52.7 Å². The Morgan fingerprint density at radius 2 is 2.09 bits per heavy atom. The van der Waals surface area contributed by atoms with E-state index in [9.17, 15) is 0 Å². The van der Waals surface area contributed by atoms with E-state index >= 15 is 0 Å². The number of fused-ring (bicyclic) bond motifs is 1. The second-order valence-corrected chi connectivity index (χ2v) is 6.29. The van der Waals surface area contributed by atoms with Crippen LogP contribution >= 0.6 is 11.3 Å². The Bertz CT molecular complexity index is 900. The summed E-state index contributed by atoms with van der Waals surface area (Å²) in [6, 6.07) is 8.12. The van der Waals surface area contributed by atoms with Crippen LogP contribution in [-0.2, 0) is 0 Å². The molecular weight excluding hydrogens is 294 g/mol. The van der Waals surface area contributed by atoms with Crippen LogP contribution in [0, 0.1) is 6.92 Å². The van der Waals surface area contributed by atoms with E-state index in [0.29, 0.717) is 0 Å². The highest BCUT2D eigenvalue weighted by Gasteiger charge is 2.17. The second kappa shape index (κ2) is 5.06. The highest BCUT2D eigenvalue weighted by Crippen LogP contribution is 2.26. The minimum absolute atomic E-state index is 0.121. The predicted octanol–water partition coefficient (Wildman–Crippen LogP) is 3.80. The van der Waals surface area contributed by atoms with Crippen molar-refractivity contribution in [2.24, 2.45) is 0 Å². The molecule has 1 unspecified atom stereocenters. The monoisotopic (exact) mass is 309 g/mol. The maximum Gasteiger partial charge on any atom is 0.176 e. The largest absolute Gasteiger partial charge is 0.335 e. The molecule has 0 aliphatic rings. The van der Waals surface area contributed by atoms with Crippen LogP contribution < -0.4 is 0 Å². The van der Waals surface area contributed by atoms with Crippen molar-refractivity contribution in [2.45, 2.75) is 19.9 Å². The van der Waals surface area contributed by atoms with Crippen molar-refractivity contribution in [3.63, 3.8) is 0 Å². The number of hydrogen-bond donors (Lipinski definition) is 1. The van der Waals surface area contributed by atoms with Crippen LogP contribution in [0.25, 0.3) is 22.7 Å². The van der Waals surface area contributed by atoms with Gasteiger partial charge in [0.1, 0.15) is 0 Å². The van der Waals surface area contributed by atoms with E-state index in [1.807, 2.05) is 37.4 Å². The van der Waals surface area contributed by atoms with Gasteiger partial charge in [0.05, 0.1) is 27.8 Å². The first kappa shape index (κ1) is 13.2. The molecule has 1 aromatic carbocycles. The fourth-order valence-corrected chi connectivity index (χ4v) is 3.28. The molecule has 0 saturated heterocycles. The molecule has 0 aliphatic heterocycles. The van der Waals surface area contributed by atoms with Crippen LogP contribution in [0.3, 0.4) is 0 Å². The zero-order valence-electron chi connectivity index (χ0n) is 12.3. The van der Waals surface area contributed by atoms with Gasteiger partial charge in [0.25, 0.3) is 0 Å². The molecule has 6 heteroatoms. The summed E-state index contributed by atoms with van der Waals surface area (Å²) in [5, 5.41) is 3.18. The average Bonchev–Trinajstić information content (AvgIpc) is 3.24. The number of aromatic nitrogens is 5. The van der Waals surface area contributed by atoms with Gasteiger partial charge >= 0.3 is 0 Å². The van der Waals surface area contributed by atoms with Crippen LogP contribution in [0.15, 0.2) is 42.0 Å². The number of aryl methyl sites for hydroxylation is 1. The fraction of sp³-hybridized carbons (Fsp3) is 0.188. The Morgan fingerprint density at radius 1 is 1.23 bits per heavy atom. The number of hydrogen-bond acceptors (Lipinski definition) is 4. The van der Waals surface area contributed by atoms with Gasteiger partial charge in [0, 0.05) is 17.8 Å². The van der Waals surface area contributed by atoms with Gasteiger partial charge < -0.3 is 9.55 Å². The maximum absolute atomic E-state index is 4.64. The van der Waals surface area contributed by atoms with Crippen LogP contribution in [0.1, 0.15) is 23.7 Å². The number of H-pyrrole nitrogens is 1. The lowest BCUT2D eigenvalue weighted by Crippen LogP contribution is -2.08. The molecule has 0 bridgehead atoms. The number of para-hydroxylation sites is 2. The van der Waals surface area contributed by atoms with Gasteiger partial charge in [-0.1, -0.05) is 12.1 Å². The quantitative estimate of drug-likeness (QED) is 0.626. The van der Waals surface area contributed by atoms with Gasteiger partial charge in [-0.3, -0.25) is 0 Å². The summed E-state index contributed by atoms with van der Waals surface area (Å²) >= 11 is 1.67. The van der Waals surface area contributed by atoms with E-state index in [4.69, 9.17) is 0 Å². The van der Waals surface area contributed by atoms with Gasteiger partial charge in [-0.05, 0) is 26.0 Å². The third-order valence-electron chi connectivity index (χ3n) is 3.75. The summed E-state index contributed by atoms with van der Waals surface area (Å²) in [4.78, 5) is 17.0. The lowest BCUT2D eigenvalue weighted by molar-refractivity contribution is 0.627. The normalized spacial score (nSPS) is 12.8. The van der Waals surface area contributed by atoms with Gasteiger partial charge in [-0.15, -0.1) is 11.3 Å². The van der Waals surface area contributed by atoms with E-state index in [0.717, 1.165) is 33.4 Å². The first-order chi connectivity index (χ1) is 10.7. The predicted molar refractivity (Wildman–Crippen MR) is 88.0 cm³/mol. The third-order valence-corrected chi connectivity index (χ3v) is 4.54. The zero-order chi connectivity index (χ0) is 15.1. The standard InChI is InChI=1S/C16H15N5S/c1-10(14-9-22-11(2)18-14)21-8-7-17-16(21)15-19-12-5-3-4-6-13(12)20-15/h3-10H,1-2H3,(H,19,20). The molecule has 3 aromatic heterocycles. The number of nitrogens with one attached hydrogen (secondary N) is 1. The molecule has 5 nitrogen and oxygen atoms in total. The van der Waals surface area contributed by atoms with Crippen molar-refractivity contribution in [1.29, 1.82) is 0 Å². The molecule has 1 atom stereocenters. The summed E-state index contributed by atoms with van der Waals surface area (Å²) in [5.74, 6) is 1.61. The number of imidazole rings is 2. The minimum atomic E-state index is 0.121. The molecule has 3 heterocycles. The number of benzene rings is 1. The number of nitrogens with zero attached hydrogens (tertiary/aromatic N) is 4. The summed E-state index contributed by atoms with van der Waals surface area (Å²) in [7, 11) is 0. The summed E-state index contributed by atoms with van der Waals surface area (Å²) in [6.45, 7) is 4.15. The smallest absolute Gasteiger partial charge is 0.176 e. The van der Waals surface area contributed by atoms with Gasteiger partial charge in [0.15, 0.2) is 11.6 Å². The molecule has 0 aliphatic carbocycles. The molecule has 0 fully saturated rings. The van der Waals surface area contributed by atoms with Crippen molar-refractivity contribution < 1.29 is 0 Å². The number of thiazole rings is 1. The topological polar surface area (TPSA) is 59.4 Å². The number of aromatic amines is 1. The SMILES string of the molecule is Cc1nc(C(C)n2ccnc2-c2nc3ccccc3[nH]2)cs1. The van der Waals surface area contributed by atoms with E-state index < -0.39 is 0 Å². The van der Waals surface area contributed by atoms with Crippen molar-refractivity contribution in [1.82, 2.24) is 24.5 Å². The minimum Gasteiger partial charge on any atom is -0.335 e. The van der Waals surface area contributed by atoms with Crippen molar-refractivity contribution in [2.75, 3.05) is 0 Å². The molecule has 22 heavy (non-hydrogen) atoms. The highest BCUT2D eigenvalue weighted by atomic mass is 32.1. The van der Waals surface area contributed by atoms with E-state index in [2.05, 4.69) is 36.8 Å². The van der Waals surface area contributed by atoms with Crippen molar-refractivity contribution >= 4 is 22.4 Å². The van der Waals surface area contributed by atoms with Crippen LogP contribution in [-0.4, -0.2) is 24.5 Å². The molecule has 110 valence electrons. The highest BCUT2D eigenvalue weighted by molar-refractivity contribution is 7.09. The summed E-state index contributed by atoms with van der Waals surface area (Å²) < 4.78 is 2.10. The molecule has 0 spiro atoms. The Hall–Kier alpha value is -2.47. The van der Waals surface area contributed by atoms with Crippen LogP contribution in [0.4, 0.5) is 0 Å². The zero-order valence-corrected chi connectivity index (χ0v) is 13.1. The average molecular weight is 309 g/mol. The third kappa shape index (κ3) is 2.12. The summed E-state index contributed by atoms with van der Waals surface area (Å²) in [5.41, 5.74) is 3.02. The van der Waals surface area contributed by atoms with Crippen LogP contribution in [0.2, 0.25) is 0 Å². The Kier molecular flexibility index (Phi) is 3.04. The molecule has 0 amide bonds. The molecule has 4 aromatic rings. The second-order valence-electron chi connectivity index (χ2n) is 5.23. The lowest BCUT2D eigenvalue weighted by Gasteiger charge is -2.13. The van der Waals surface area contributed by atoms with Crippen molar-refractivity contribution in [3.8, 4) is 11.6 Å². The van der Waals surface area contributed by atoms with E-state index in [-0.39, 0.29) is 6.04 Å². The van der Waals surface area contributed by atoms with E-state index in [1.165, 1.54) is 0 Å². The Labute approximate surface area is 131 Å². The van der Waals surface area contributed by atoms with Gasteiger partial charge in [-0.25, -0.2) is 15.0 Å². The molecule has 4 rings (SSSR count). The van der Waals surface area contributed by atoms with Crippen LogP contribution in [0.5, 0.6) is 0 Å². The van der Waals surface area contributed by atoms with E-state index in [1.54, 1.807) is 17.5 Å². The molecule has 0 saturated carbocycles. The lowest BCUT2D eigenvalue weighted by atomic mass is 10.2. The number of rotatable bonds is 3. The first-order valence-corrected chi connectivity index (χ1v) is 8.00. The Balaban J connectivity index is 1.79. The van der Waals surface area contributed by atoms with Gasteiger partial charge in [-0.2, -0.15) is 0 Å². The summed E-state index contributed by atoms with van der Waals surface area (Å²) in [6.07, 6.45) is 3.78. The maximum atomic E-state index is 4.64.